The van der Waals surface area contributed by atoms with E-state index in [1.54, 1.807) is 4.90 Å². The van der Waals surface area contributed by atoms with Gasteiger partial charge < -0.3 is 20.6 Å². The minimum atomic E-state index is -0.788. The Bertz CT molecular complexity index is 662. The maximum absolute atomic E-state index is 14.4. The molecule has 2 saturated carbocycles. The van der Waals surface area contributed by atoms with Crippen molar-refractivity contribution >= 4 is 11.8 Å². The van der Waals surface area contributed by atoms with Crippen LogP contribution in [0.1, 0.15) is 65.2 Å². The van der Waals surface area contributed by atoms with Crippen LogP contribution >= 0.6 is 0 Å². The third-order valence-corrected chi connectivity index (χ3v) is 8.60. The van der Waals surface area contributed by atoms with Crippen LogP contribution in [-0.2, 0) is 9.59 Å². The number of carbonyl (C=O) groups excluding carboxylic acids is 2. The number of likely N-dealkylation sites (N-methyl/N-ethyl adjacent to an activating group) is 1. The largest absolute Gasteiger partial charge is 0.387 e. The number of nitrogens with one attached hydrogen (secondary N) is 2. The SMILES string of the molecule is CCN(C(=O)CO)[C@@H]1CCN([C@@H]2CCC[C@@H](NC(=O)C3CC4C(F)CCC(C)C4N3)C2)C1. The van der Waals surface area contributed by atoms with E-state index in [0.717, 1.165) is 51.6 Å². The molecule has 7 nitrogen and oxygen atoms in total. The van der Waals surface area contributed by atoms with Crippen LogP contribution in [0.4, 0.5) is 4.39 Å². The number of nitrogens with zero attached hydrogens (tertiary/aromatic N) is 2. The van der Waals surface area contributed by atoms with Gasteiger partial charge in [-0.2, -0.15) is 0 Å². The smallest absolute Gasteiger partial charge is 0.248 e. The number of carbonyl (C=O) groups is 2. The Morgan fingerprint density at radius 3 is 2.72 bits per heavy atom. The molecule has 0 aromatic carbocycles. The van der Waals surface area contributed by atoms with Gasteiger partial charge in [0.05, 0.1) is 6.04 Å². The monoisotopic (exact) mass is 452 g/mol. The Hall–Kier alpha value is -1.25. The number of rotatable bonds is 6. The van der Waals surface area contributed by atoms with Gasteiger partial charge in [0.1, 0.15) is 12.8 Å². The third kappa shape index (κ3) is 4.97. The second-order valence-corrected chi connectivity index (χ2v) is 10.5. The molecule has 8 atom stereocenters. The molecule has 32 heavy (non-hydrogen) atoms. The summed E-state index contributed by atoms with van der Waals surface area (Å²) in [7, 11) is 0. The van der Waals surface area contributed by atoms with E-state index in [1.807, 2.05) is 6.92 Å². The van der Waals surface area contributed by atoms with E-state index in [4.69, 9.17) is 0 Å². The molecular formula is C24H41FN4O3. The molecule has 4 aliphatic rings. The molecule has 2 aliphatic heterocycles. The third-order valence-electron chi connectivity index (χ3n) is 8.60. The molecule has 2 heterocycles. The van der Waals surface area contributed by atoms with E-state index in [-0.39, 0.29) is 41.9 Å². The quantitative estimate of drug-likeness (QED) is 0.568. The number of amides is 2. The van der Waals surface area contributed by atoms with Gasteiger partial charge in [0.2, 0.25) is 11.8 Å². The summed E-state index contributed by atoms with van der Waals surface area (Å²) < 4.78 is 14.4. The van der Waals surface area contributed by atoms with E-state index in [1.165, 1.54) is 0 Å². The number of halogens is 1. The summed E-state index contributed by atoms with van der Waals surface area (Å²) in [5.41, 5.74) is 0. The van der Waals surface area contributed by atoms with Gasteiger partial charge in [0.15, 0.2) is 0 Å². The summed E-state index contributed by atoms with van der Waals surface area (Å²) in [6.07, 6.45) is 6.39. The Morgan fingerprint density at radius 2 is 2.00 bits per heavy atom. The molecule has 2 aliphatic carbocycles. The first-order valence-electron chi connectivity index (χ1n) is 12.8. The van der Waals surface area contributed by atoms with E-state index >= 15 is 0 Å². The van der Waals surface area contributed by atoms with Gasteiger partial charge in [-0.3, -0.25) is 14.5 Å². The zero-order valence-corrected chi connectivity index (χ0v) is 19.6. The second kappa shape index (κ2) is 10.3. The number of alkyl halides is 1. The van der Waals surface area contributed by atoms with Crippen LogP contribution in [0.5, 0.6) is 0 Å². The lowest BCUT2D eigenvalue weighted by atomic mass is 9.77. The molecule has 2 saturated heterocycles. The first-order chi connectivity index (χ1) is 15.4. The molecule has 0 aromatic rings. The predicted molar refractivity (Wildman–Crippen MR) is 121 cm³/mol. The van der Waals surface area contributed by atoms with Crippen LogP contribution in [0.3, 0.4) is 0 Å². The van der Waals surface area contributed by atoms with E-state index in [9.17, 15) is 19.1 Å². The normalized spacial score (nSPS) is 40.1. The fourth-order valence-corrected chi connectivity index (χ4v) is 6.81. The zero-order valence-electron chi connectivity index (χ0n) is 19.6. The maximum atomic E-state index is 14.4. The number of hydrogen-bond donors (Lipinski definition) is 3. The number of fused-ring (bicyclic) bond motifs is 1. The van der Waals surface area contributed by atoms with Crippen molar-refractivity contribution in [1.29, 1.82) is 0 Å². The van der Waals surface area contributed by atoms with Crippen molar-refractivity contribution in [3.8, 4) is 0 Å². The summed E-state index contributed by atoms with van der Waals surface area (Å²) in [5.74, 6) is 0.239. The van der Waals surface area contributed by atoms with Crippen molar-refractivity contribution in [1.82, 2.24) is 20.4 Å². The molecule has 0 aromatic heterocycles. The Morgan fingerprint density at radius 1 is 1.19 bits per heavy atom. The van der Waals surface area contributed by atoms with Gasteiger partial charge in [0, 0.05) is 49.7 Å². The topological polar surface area (TPSA) is 84.9 Å². The van der Waals surface area contributed by atoms with Crippen LogP contribution in [0.25, 0.3) is 0 Å². The summed E-state index contributed by atoms with van der Waals surface area (Å²) in [6, 6.07) is 0.582. The average Bonchev–Trinajstić information content (AvgIpc) is 3.46. The molecular weight excluding hydrogens is 411 g/mol. The first kappa shape index (κ1) is 23.9. The van der Waals surface area contributed by atoms with Gasteiger partial charge in [-0.1, -0.05) is 6.92 Å². The van der Waals surface area contributed by atoms with Crippen LogP contribution in [0, 0.1) is 11.8 Å². The van der Waals surface area contributed by atoms with Crippen LogP contribution < -0.4 is 10.6 Å². The van der Waals surface area contributed by atoms with Crippen LogP contribution in [0.15, 0.2) is 0 Å². The van der Waals surface area contributed by atoms with Crippen LogP contribution in [-0.4, -0.2) is 89.3 Å². The van der Waals surface area contributed by atoms with E-state index < -0.39 is 12.8 Å². The predicted octanol–water partition coefficient (Wildman–Crippen LogP) is 1.44. The lowest BCUT2D eigenvalue weighted by Gasteiger charge is -2.36. The zero-order chi connectivity index (χ0) is 22.8. The second-order valence-electron chi connectivity index (χ2n) is 10.5. The number of likely N-dealkylation sites (tertiary alicyclic amines) is 1. The molecule has 0 bridgehead atoms. The van der Waals surface area contributed by atoms with E-state index in [2.05, 4.69) is 22.5 Å². The van der Waals surface area contributed by atoms with Crippen molar-refractivity contribution in [3.63, 3.8) is 0 Å². The first-order valence-corrected chi connectivity index (χ1v) is 12.8. The summed E-state index contributed by atoms with van der Waals surface area (Å²) in [6.45, 7) is 6.11. The molecule has 182 valence electrons. The van der Waals surface area contributed by atoms with E-state index in [0.29, 0.717) is 31.3 Å². The Kier molecular flexibility index (Phi) is 7.73. The number of aliphatic hydroxyl groups is 1. The fraction of sp³-hybridized carbons (Fsp3) is 0.917. The maximum Gasteiger partial charge on any atom is 0.248 e. The minimum Gasteiger partial charge on any atom is -0.387 e. The molecule has 2 amide bonds. The average molecular weight is 453 g/mol. The lowest BCUT2D eigenvalue weighted by Crippen LogP contribution is -2.51. The van der Waals surface area contributed by atoms with Crippen molar-refractivity contribution in [2.75, 3.05) is 26.2 Å². The molecule has 3 N–H and O–H groups in total. The summed E-state index contributed by atoms with van der Waals surface area (Å²) >= 11 is 0. The Balaban J connectivity index is 1.28. The minimum absolute atomic E-state index is 0.0294. The molecule has 4 fully saturated rings. The van der Waals surface area contributed by atoms with Gasteiger partial charge in [-0.25, -0.2) is 4.39 Å². The lowest BCUT2D eigenvalue weighted by molar-refractivity contribution is -0.136. The summed E-state index contributed by atoms with van der Waals surface area (Å²) in [4.78, 5) is 29.3. The van der Waals surface area contributed by atoms with Crippen LogP contribution in [0.2, 0.25) is 0 Å². The molecule has 0 radical (unpaired) electrons. The molecule has 8 heteroatoms. The molecule has 4 rings (SSSR count). The van der Waals surface area contributed by atoms with Crippen molar-refractivity contribution in [2.45, 2.75) is 102 Å². The highest BCUT2D eigenvalue weighted by Gasteiger charge is 2.46. The molecule has 5 unspecified atom stereocenters. The highest BCUT2D eigenvalue weighted by atomic mass is 19.1. The standard InChI is InChI=1S/C24H41FN4O3/c1-3-29(22(31)14-30)18-9-10-28(13-18)17-6-4-5-16(11-17)26-24(32)21-12-19-20(25)8-7-15(2)23(19)27-21/h15-21,23,27,30H,3-14H2,1-2H3,(H,26,32)/t15?,16-,17-,18-,19?,20?,21?,23?/m1/s1. The molecule has 0 spiro atoms. The van der Waals surface area contributed by atoms with Gasteiger partial charge >= 0.3 is 0 Å². The van der Waals surface area contributed by atoms with Crippen molar-refractivity contribution in [2.24, 2.45) is 11.8 Å². The Labute approximate surface area is 191 Å². The fourth-order valence-electron chi connectivity index (χ4n) is 6.81. The van der Waals surface area contributed by atoms with Gasteiger partial charge in [0.25, 0.3) is 0 Å². The number of aliphatic hydroxyl groups excluding tert-OH is 1. The van der Waals surface area contributed by atoms with Gasteiger partial charge in [-0.05, 0) is 64.2 Å². The number of hydrogen-bond acceptors (Lipinski definition) is 5. The van der Waals surface area contributed by atoms with Crippen molar-refractivity contribution < 1.29 is 19.1 Å². The van der Waals surface area contributed by atoms with Gasteiger partial charge in [-0.15, -0.1) is 0 Å². The highest BCUT2D eigenvalue weighted by molar-refractivity contribution is 5.82. The van der Waals surface area contributed by atoms with Crippen molar-refractivity contribution in [3.05, 3.63) is 0 Å². The summed E-state index contributed by atoms with van der Waals surface area (Å²) in [5, 5.41) is 16.0. The highest BCUT2D eigenvalue weighted by Crippen LogP contribution is 2.38.